The predicted octanol–water partition coefficient (Wildman–Crippen LogP) is 3.16. The molecule has 4 N–H and O–H groups in total. The van der Waals surface area contributed by atoms with E-state index in [1.807, 2.05) is 48.5 Å². The molecule has 2 aromatic rings. The molecule has 6 heteroatoms. The van der Waals surface area contributed by atoms with Gasteiger partial charge in [0.05, 0.1) is 18.3 Å². The number of amides is 1. The van der Waals surface area contributed by atoms with Crippen molar-refractivity contribution in [3.8, 4) is 0 Å². The number of hydrogen-bond donors (Lipinski definition) is 3. The molecule has 0 aliphatic heterocycles. The lowest BCUT2D eigenvalue weighted by molar-refractivity contribution is -0.126. The number of carbonyl (C=O) groups is 1. The fourth-order valence-corrected chi connectivity index (χ4v) is 3.19. The molecule has 1 aromatic heterocycles. The number of carbonyl (C=O) groups excluding carboxylic acids is 1. The molecule has 0 radical (unpaired) electrons. The molecule has 1 amide bonds. The molecule has 158 valence electrons. The summed E-state index contributed by atoms with van der Waals surface area (Å²) < 4.78 is 14.0. The van der Waals surface area contributed by atoms with Crippen molar-refractivity contribution in [3.05, 3.63) is 66.0 Å². The average molecular weight is 402 g/mol. The molecule has 29 heavy (non-hydrogen) atoms. The van der Waals surface area contributed by atoms with Crippen molar-refractivity contribution >= 4 is 5.91 Å². The molecule has 0 bridgehead atoms. The maximum absolute atomic E-state index is 14.0. The van der Waals surface area contributed by atoms with Crippen LogP contribution >= 0.6 is 0 Å². The number of benzene rings is 1. The number of hydrogen-bond acceptors (Lipinski definition) is 4. The zero-order chi connectivity index (χ0) is 21.3. The highest BCUT2D eigenvalue weighted by Gasteiger charge is 2.28. The Kier molecular flexibility index (Phi) is 8.73. The first-order valence-electron chi connectivity index (χ1n) is 10.1. The maximum atomic E-state index is 14.0. The fraction of sp³-hybridized carbons (Fsp3) is 0.478. The Labute approximate surface area is 172 Å². The van der Waals surface area contributed by atoms with Crippen LogP contribution < -0.4 is 11.1 Å². The number of aromatic nitrogens is 1. The normalized spacial score (nSPS) is 14.8. The zero-order valence-corrected chi connectivity index (χ0v) is 17.2. The number of aliphatic hydroxyl groups is 1. The van der Waals surface area contributed by atoms with Gasteiger partial charge in [0.1, 0.15) is 5.67 Å². The van der Waals surface area contributed by atoms with Gasteiger partial charge in [-0.25, -0.2) is 4.39 Å². The monoisotopic (exact) mass is 401 g/mol. The van der Waals surface area contributed by atoms with E-state index in [4.69, 9.17) is 5.73 Å². The third-order valence-corrected chi connectivity index (χ3v) is 4.96. The lowest BCUT2D eigenvalue weighted by Crippen LogP contribution is -2.41. The molecule has 0 aliphatic carbocycles. The first kappa shape index (κ1) is 23.0. The van der Waals surface area contributed by atoms with Crippen molar-refractivity contribution in [2.45, 2.75) is 63.9 Å². The molecule has 0 spiro atoms. The molecule has 0 saturated heterocycles. The van der Waals surface area contributed by atoms with Gasteiger partial charge in [-0.2, -0.15) is 0 Å². The summed E-state index contributed by atoms with van der Waals surface area (Å²) in [7, 11) is 0. The fourth-order valence-electron chi connectivity index (χ4n) is 3.19. The number of nitrogens with one attached hydrogen (secondary N) is 1. The number of nitrogens with two attached hydrogens (primary N) is 1. The van der Waals surface area contributed by atoms with Crippen molar-refractivity contribution in [2.24, 2.45) is 11.7 Å². The average Bonchev–Trinajstić information content (AvgIpc) is 2.70. The van der Waals surface area contributed by atoms with Crippen molar-refractivity contribution in [1.82, 2.24) is 10.3 Å². The summed E-state index contributed by atoms with van der Waals surface area (Å²) in [5, 5.41) is 13.5. The van der Waals surface area contributed by atoms with Gasteiger partial charge in [-0.15, -0.1) is 0 Å². The second-order valence-corrected chi connectivity index (χ2v) is 8.15. The van der Waals surface area contributed by atoms with Crippen molar-refractivity contribution in [2.75, 3.05) is 0 Å². The smallest absolute Gasteiger partial charge is 0.223 e. The molecule has 0 fully saturated rings. The van der Waals surface area contributed by atoms with Crippen LogP contribution in [0.3, 0.4) is 0 Å². The van der Waals surface area contributed by atoms with Crippen molar-refractivity contribution in [3.63, 3.8) is 0 Å². The van der Waals surface area contributed by atoms with Gasteiger partial charge >= 0.3 is 0 Å². The topological polar surface area (TPSA) is 88.2 Å². The van der Waals surface area contributed by atoms with Gasteiger partial charge in [-0.05, 0) is 57.2 Å². The third-order valence-electron chi connectivity index (χ3n) is 4.96. The molecule has 3 atom stereocenters. The number of halogens is 1. The van der Waals surface area contributed by atoms with Crippen LogP contribution in [-0.4, -0.2) is 33.8 Å². The summed E-state index contributed by atoms with van der Waals surface area (Å²) in [6.45, 7) is 3.28. The Morgan fingerprint density at radius 3 is 2.52 bits per heavy atom. The lowest BCUT2D eigenvalue weighted by atomic mass is 9.88. The number of nitrogens with zero attached hydrogens (tertiary/aromatic N) is 1. The van der Waals surface area contributed by atoms with E-state index in [1.54, 1.807) is 6.20 Å². The van der Waals surface area contributed by atoms with E-state index >= 15 is 0 Å². The third kappa shape index (κ3) is 8.71. The largest absolute Gasteiger partial charge is 0.391 e. The van der Waals surface area contributed by atoms with E-state index in [1.165, 1.54) is 13.8 Å². The Bertz CT molecular complexity index is 735. The summed E-state index contributed by atoms with van der Waals surface area (Å²) in [4.78, 5) is 16.9. The van der Waals surface area contributed by atoms with Gasteiger partial charge in [-0.1, -0.05) is 36.4 Å². The van der Waals surface area contributed by atoms with Crippen LogP contribution in [0, 0.1) is 5.92 Å². The van der Waals surface area contributed by atoms with Crippen LogP contribution in [0.25, 0.3) is 0 Å². The van der Waals surface area contributed by atoms with E-state index in [-0.39, 0.29) is 18.7 Å². The molecule has 1 heterocycles. The summed E-state index contributed by atoms with van der Waals surface area (Å²) in [6.07, 6.45) is 2.08. The second kappa shape index (κ2) is 11.0. The van der Waals surface area contributed by atoms with E-state index in [2.05, 4.69) is 10.3 Å². The Hall–Kier alpha value is -2.31. The maximum Gasteiger partial charge on any atom is 0.223 e. The predicted molar refractivity (Wildman–Crippen MR) is 113 cm³/mol. The lowest BCUT2D eigenvalue weighted by Gasteiger charge is -2.25. The van der Waals surface area contributed by atoms with Gasteiger partial charge in [0, 0.05) is 18.2 Å². The van der Waals surface area contributed by atoms with Gasteiger partial charge in [0.25, 0.3) is 0 Å². The second-order valence-electron chi connectivity index (χ2n) is 8.15. The minimum absolute atomic E-state index is 0.193. The van der Waals surface area contributed by atoms with Crippen molar-refractivity contribution < 1.29 is 14.3 Å². The number of pyridine rings is 1. The highest BCUT2D eigenvalue weighted by Crippen LogP contribution is 2.24. The molecule has 2 rings (SSSR count). The molecule has 0 aliphatic rings. The van der Waals surface area contributed by atoms with Crippen LogP contribution in [0.1, 0.15) is 44.4 Å². The molecule has 0 unspecified atom stereocenters. The van der Waals surface area contributed by atoms with Gasteiger partial charge < -0.3 is 16.2 Å². The van der Waals surface area contributed by atoms with E-state index < -0.39 is 23.7 Å². The van der Waals surface area contributed by atoms with Crippen molar-refractivity contribution in [1.29, 1.82) is 0 Å². The molecule has 0 saturated carbocycles. The summed E-state index contributed by atoms with van der Waals surface area (Å²) in [5.41, 5.74) is 6.57. The summed E-state index contributed by atoms with van der Waals surface area (Å²) >= 11 is 0. The number of rotatable bonds is 11. The highest BCUT2D eigenvalue weighted by atomic mass is 19.1. The zero-order valence-electron chi connectivity index (χ0n) is 17.2. The Morgan fingerprint density at radius 1 is 1.21 bits per heavy atom. The first-order valence-corrected chi connectivity index (χ1v) is 10.1. The molecular formula is C23H32FN3O2. The number of aliphatic hydroxyl groups excluding tert-OH is 1. The van der Waals surface area contributed by atoms with Crippen LogP contribution in [0.15, 0.2) is 54.7 Å². The number of alkyl halides is 1. The minimum Gasteiger partial charge on any atom is -0.391 e. The molecule has 5 nitrogen and oxygen atoms in total. The van der Waals surface area contributed by atoms with Gasteiger partial charge in [0.15, 0.2) is 0 Å². The van der Waals surface area contributed by atoms with Crippen LogP contribution in [0.4, 0.5) is 4.39 Å². The standard InChI is InChI=1S/C23H32FN3O2/c1-23(2,24)12-11-18(22(29)27-16-19-10-6-7-13-26-19)15-21(28)20(25)14-17-8-4-3-5-9-17/h3-10,13,18,20-21,28H,11-12,14-16,25H2,1-2H3,(H,27,29)/t18-,20+,21+/m1/s1. The Balaban J connectivity index is 1.96. The summed E-state index contributed by atoms with van der Waals surface area (Å²) in [6, 6.07) is 14.7. The van der Waals surface area contributed by atoms with E-state index in [9.17, 15) is 14.3 Å². The van der Waals surface area contributed by atoms with Crippen LogP contribution in [-0.2, 0) is 17.8 Å². The quantitative estimate of drug-likeness (QED) is 0.540. The van der Waals surface area contributed by atoms with Crippen LogP contribution in [0.2, 0.25) is 0 Å². The molecular weight excluding hydrogens is 369 g/mol. The van der Waals surface area contributed by atoms with Gasteiger partial charge in [-0.3, -0.25) is 9.78 Å². The first-order chi connectivity index (χ1) is 13.7. The summed E-state index contributed by atoms with van der Waals surface area (Å²) in [5.74, 6) is -0.739. The van der Waals surface area contributed by atoms with Gasteiger partial charge in [0.2, 0.25) is 5.91 Å². The van der Waals surface area contributed by atoms with Crippen LogP contribution in [0.5, 0.6) is 0 Å². The SMILES string of the molecule is CC(C)(F)CC[C@H](C[C@H](O)[C@@H](N)Cc1ccccc1)C(=O)NCc1ccccn1. The van der Waals surface area contributed by atoms with E-state index in [0.29, 0.717) is 19.4 Å². The Morgan fingerprint density at radius 2 is 1.90 bits per heavy atom. The van der Waals surface area contributed by atoms with E-state index in [0.717, 1.165) is 11.3 Å². The minimum atomic E-state index is -1.38. The highest BCUT2D eigenvalue weighted by molar-refractivity contribution is 5.78. The molecule has 1 aromatic carbocycles.